The number of aromatic nitrogens is 1. The molecule has 1 aromatic heterocycles. The topological polar surface area (TPSA) is 46.5 Å². The summed E-state index contributed by atoms with van der Waals surface area (Å²) in [5, 5.41) is 4.19. The van der Waals surface area contributed by atoms with E-state index in [4.69, 9.17) is 4.74 Å². The van der Waals surface area contributed by atoms with Crippen LogP contribution in [0.4, 0.5) is 0 Å². The molecule has 0 aliphatic carbocycles. The summed E-state index contributed by atoms with van der Waals surface area (Å²) in [6, 6.07) is 8.43. The van der Waals surface area contributed by atoms with Gasteiger partial charge >= 0.3 is 0 Å². The number of carbonyl (C=O) groups is 1. The van der Waals surface area contributed by atoms with Gasteiger partial charge in [0.05, 0.1) is 5.52 Å². The molecule has 2 fully saturated rings. The quantitative estimate of drug-likeness (QED) is 0.930. The van der Waals surface area contributed by atoms with E-state index in [-0.39, 0.29) is 5.91 Å². The van der Waals surface area contributed by atoms with Gasteiger partial charge in [-0.05, 0) is 43.4 Å². The van der Waals surface area contributed by atoms with Crippen molar-refractivity contribution >= 4 is 16.8 Å². The molecular formula is C20H27N3O2. The zero-order valence-corrected chi connectivity index (χ0v) is 14.9. The number of likely N-dealkylation sites (tertiary alicyclic amines) is 1. The molecule has 1 aromatic carbocycles. The second-order valence-corrected chi connectivity index (χ2v) is 7.44. The first kappa shape index (κ1) is 16.5. The Morgan fingerprint density at radius 2 is 2.04 bits per heavy atom. The molecule has 0 spiro atoms. The maximum atomic E-state index is 11.3. The normalized spacial score (nSPS) is 22.9. The van der Waals surface area contributed by atoms with Gasteiger partial charge in [-0.2, -0.15) is 0 Å². The van der Waals surface area contributed by atoms with Crippen molar-refractivity contribution in [2.45, 2.75) is 31.8 Å². The van der Waals surface area contributed by atoms with Gasteiger partial charge in [0.25, 0.3) is 0 Å². The second kappa shape index (κ2) is 7.08. The molecule has 25 heavy (non-hydrogen) atoms. The van der Waals surface area contributed by atoms with E-state index in [0.717, 1.165) is 51.2 Å². The van der Waals surface area contributed by atoms with Gasteiger partial charge in [0.1, 0.15) is 11.9 Å². The highest BCUT2D eigenvalue weighted by molar-refractivity contribution is 5.86. The SMILES string of the molecule is Cn1ccc2c(OC3CCN(CC4CCC(=O)NC4)CC3)cccc21. The highest BCUT2D eigenvalue weighted by atomic mass is 16.5. The minimum Gasteiger partial charge on any atom is -0.490 e. The molecule has 2 aliphatic heterocycles. The number of nitrogens with one attached hydrogen (secondary N) is 1. The van der Waals surface area contributed by atoms with Crippen molar-refractivity contribution in [3.8, 4) is 5.75 Å². The van der Waals surface area contributed by atoms with Gasteiger partial charge in [0.15, 0.2) is 0 Å². The summed E-state index contributed by atoms with van der Waals surface area (Å²) >= 11 is 0. The van der Waals surface area contributed by atoms with E-state index in [2.05, 4.69) is 52.3 Å². The summed E-state index contributed by atoms with van der Waals surface area (Å²) in [5.41, 5.74) is 1.22. The maximum Gasteiger partial charge on any atom is 0.220 e. The number of fused-ring (bicyclic) bond motifs is 1. The van der Waals surface area contributed by atoms with Crippen LogP contribution in [0.1, 0.15) is 25.7 Å². The van der Waals surface area contributed by atoms with Gasteiger partial charge in [-0.15, -0.1) is 0 Å². The van der Waals surface area contributed by atoms with Crippen LogP contribution in [0.5, 0.6) is 5.75 Å². The number of hydrogen-bond donors (Lipinski definition) is 1. The fraction of sp³-hybridized carbons (Fsp3) is 0.550. The van der Waals surface area contributed by atoms with E-state index in [1.54, 1.807) is 0 Å². The van der Waals surface area contributed by atoms with E-state index >= 15 is 0 Å². The molecule has 2 aliphatic rings. The standard InChI is InChI=1S/C20H27N3O2/c1-22-10-9-17-18(22)3-2-4-19(17)25-16-7-11-23(12-8-16)14-15-5-6-20(24)21-13-15/h2-4,9-10,15-16H,5-8,11-14H2,1H3,(H,21,24). The van der Waals surface area contributed by atoms with Crippen LogP contribution in [-0.4, -0.2) is 47.7 Å². The molecule has 134 valence electrons. The Hall–Kier alpha value is -2.01. The Labute approximate surface area is 148 Å². The molecule has 1 N–H and O–H groups in total. The van der Waals surface area contributed by atoms with Crippen molar-refractivity contribution in [1.29, 1.82) is 0 Å². The lowest BCUT2D eigenvalue weighted by molar-refractivity contribution is -0.123. The molecule has 1 amide bonds. The van der Waals surface area contributed by atoms with Crippen LogP contribution >= 0.6 is 0 Å². The van der Waals surface area contributed by atoms with Crippen LogP contribution < -0.4 is 10.1 Å². The molecule has 1 unspecified atom stereocenters. The third kappa shape index (κ3) is 3.66. The molecule has 4 rings (SSSR count). The number of hydrogen-bond acceptors (Lipinski definition) is 3. The van der Waals surface area contributed by atoms with E-state index in [1.165, 1.54) is 10.9 Å². The molecule has 5 heteroatoms. The van der Waals surface area contributed by atoms with Crippen molar-refractivity contribution < 1.29 is 9.53 Å². The Balaban J connectivity index is 1.30. The van der Waals surface area contributed by atoms with Crippen LogP contribution in [0.15, 0.2) is 30.5 Å². The molecule has 0 bridgehead atoms. The van der Waals surface area contributed by atoms with Crippen LogP contribution in [0.25, 0.3) is 10.9 Å². The lowest BCUT2D eigenvalue weighted by Gasteiger charge is -2.35. The van der Waals surface area contributed by atoms with Crippen molar-refractivity contribution in [3.63, 3.8) is 0 Å². The average Bonchev–Trinajstić information content (AvgIpc) is 3.01. The lowest BCUT2D eigenvalue weighted by atomic mass is 9.97. The van der Waals surface area contributed by atoms with Gasteiger partial charge in [-0.3, -0.25) is 4.79 Å². The fourth-order valence-corrected chi connectivity index (χ4v) is 4.07. The first-order valence-corrected chi connectivity index (χ1v) is 9.39. The Kier molecular flexibility index (Phi) is 4.66. The number of benzene rings is 1. The van der Waals surface area contributed by atoms with Crippen LogP contribution in [0, 0.1) is 5.92 Å². The smallest absolute Gasteiger partial charge is 0.220 e. The predicted octanol–water partition coefficient (Wildman–Crippen LogP) is 2.55. The van der Waals surface area contributed by atoms with E-state index in [9.17, 15) is 4.79 Å². The summed E-state index contributed by atoms with van der Waals surface area (Å²) in [5.74, 6) is 1.82. The molecule has 2 saturated heterocycles. The van der Waals surface area contributed by atoms with Crippen molar-refractivity contribution in [2.24, 2.45) is 13.0 Å². The summed E-state index contributed by atoms with van der Waals surface area (Å²) < 4.78 is 8.47. The summed E-state index contributed by atoms with van der Waals surface area (Å²) in [7, 11) is 2.07. The number of piperidine rings is 2. The molecule has 0 radical (unpaired) electrons. The van der Waals surface area contributed by atoms with E-state index < -0.39 is 0 Å². The molecule has 3 heterocycles. The summed E-state index contributed by atoms with van der Waals surface area (Å²) in [6.07, 6.45) is 6.24. The van der Waals surface area contributed by atoms with Gasteiger partial charge in [-0.1, -0.05) is 6.07 Å². The van der Waals surface area contributed by atoms with Gasteiger partial charge in [0.2, 0.25) is 5.91 Å². The Morgan fingerprint density at radius 1 is 1.20 bits per heavy atom. The van der Waals surface area contributed by atoms with Crippen LogP contribution in [0.2, 0.25) is 0 Å². The number of rotatable bonds is 4. The number of nitrogens with zero attached hydrogens (tertiary/aromatic N) is 2. The molecule has 5 nitrogen and oxygen atoms in total. The third-order valence-electron chi connectivity index (χ3n) is 5.60. The first-order valence-electron chi connectivity index (χ1n) is 9.39. The molecule has 1 atom stereocenters. The fourth-order valence-electron chi connectivity index (χ4n) is 4.07. The molecule has 2 aromatic rings. The highest BCUT2D eigenvalue weighted by Gasteiger charge is 2.25. The van der Waals surface area contributed by atoms with E-state index in [1.807, 2.05) is 0 Å². The Morgan fingerprint density at radius 3 is 2.80 bits per heavy atom. The maximum absolute atomic E-state index is 11.3. The van der Waals surface area contributed by atoms with Crippen molar-refractivity contribution in [2.75, 3.05) is 26.2 Å². The molecule has 0 saturated carbocycles. The largest absolute Gasteiger partial charge is 0.490 e. The van der Waals surface area contributed by atoms with Crippen LogP contribution in [-0.2, 0) is 11.8 Å². The minimum atomic E-state index is 0.207. The number of aryl methyl sites for hydroxylation is 1. The summed E-state index contributed by atoms with van der Waals surface area (Å²) in [6.45, 7) is 4.10. The predicted molar refractivity (Wildman–Crippen MR) is 98.7 cm³/mol. The van der Waals surface area contributed by atoms with Gasteiger partial charge in [-0.25, -0.2) is 0 Å². The number of amides is 1. The number of ether oxygens (including phenoxy) is 1. The summed E-state index contributed by atoms with van der Waals surface area (Å²) in [4.78, 5) is 13.8. The van der Waals surface area contributed by atoms with Crippen molar-refractivity contribution in [3.05, 3.63) is 30.5 Å². The van der Waals surface area contributed by atoms with Gasteiger partial charge in [0, 0.05) is 51.2 Å². The minimum absolute atomic E-state index is 0.207. The van der Waals surface area contributed by atoms with Crippen molar-refractivity contribution in [1.82, 2.24) is 14.8 Å². The number of carbonyl (C=O) groups excluding carboxylic acids is 1. The van der Waals surface area contributed by atoms with Crippen LogP contribution in [0.3, 0.4) is 0 Å². The first-order chi connectivity index (χ1) is 12.2. The third-order valence-corrected chi connectivity index (χ3v) is 5.60. The lowest BCUT2D eigenvalue weighted by Crippen LogP contribution is -2.44. The van der Waals surface area contributed by atoms with Gasteiger partial charge < -0.3 is 19.5 Å². The monoisotopic (exact) mass is 341 g/mol. The zero-order chi connectivity index (χ0) is 17.2. The molecular weight excluding hydrogens is 314 g/mol. The Bertz CT molecular complexity index is 736. The van der Waals surface area contributed by atoms with E-state index in [0.29, 0.717) is 18.4 Å². The zero-order valence-electron chi connectivity index (χ0n) is 14.9. The second-order valence-electron chi connectivity index (χ2n) is 7.44. The average molecular weight is 341 g/mol. The highest BCUT2D eigenvalue weighted by Crippen LogP contribution is 2.29.